The molecule has 1 amide bonds. The van der Waals surface area contributed by atoms with Crippen LogP contribution >= 0.6 is 27.3 Å². The van der Waals surface area contributed by atoms with Crippen molar-refractivity contribution in [3.05, 3.63) is 8.92 Å². The van der Waals surface area contributed by atoms with E-state index in [0.717, 1.165) is 0 Å². The summed E-state index contributed by atoms with van der Waals surface area (Å²) in [6.45, 7) is 0. The van der Waals surface area contributed by atoms with E-state index in [2.05, 4.69) is 26.1 Å². The highest BCUT2D eigenvalue weighted by Gasteiger charge is 2.03. The summed E-state index contributed by atoms with van der Waals surface area (Å²) in [5.74, 6) is -0.386. The van der Waals surface area contributed by atoms with Gasteiger partial charge in [0.15, 0.2) is 3.92 Å². The lowest BCUT2D eigenvalue weighted by atomic mass is 10.4. The minimum Gasteiger partial charge on any atom is -0.369 e. The van der Waals surface area contributed by atoms with E-state index in [1.54, 1.807) is 0 Å². The molecule has 0 aliphatic carbocycles. The van der Waals surface area contributed by atoms with Gasteiger partial charge in [-0.3, -0.25) is 4.79 Å². The number of carbonyl (C=O) groups excluding carboxylic acids is 1. The van der Waals surface area contributed by atoms with E-state index in [1.165, 1.54) is 11.3 Å². The molecule has 0 fully saturated rings. The van der Waals surface area contributed by atoms with Gasteiger partial charge < -0.3 is 5.73 Å². The molecule has 6 heteroatoms. The molecule has 2 N–H and O–H groups in total. The Morgan fingerprint density at radius 2 is 2.40 bits per heavy atom. The van der Waals surface area contributed by atoms with Gasteiger partial charge in [-0.25, -0.2) is 0 Å². The molecule has 1 aromatic rings. The summed E-state index contributed by atoms with van der Waals surface area (Å²) in [5.41, 5.74) is 4.92. The molecule has 1 heterocycles. The van der Waals surface area contributed by atoms with Crippen molar-refractivity contribution in [2.45, 2.75) is 6.42 Å². The monoisotopic (exact) mass is 221 g/mol. The summed E-state index contributed by atoms with van der Waals surface area (Å²) < 4.78 is 0.670. The highest BCUT2D eigenvalue weighted by molar-refractivity contribution is 9.11. The predicted molar refractivity (Wildman–Crippen MR) is 40.5 cm³/mol. The van der Waals surface area contributed by atoms with Gasteiger partial charge in [-0.2, -0.15) is 0 Å². The van der Waals surface area contributed by atoms with Gasteiger partial charge in [-0.15, -0.1) is 10.2 Å². The van der Waals surface area contributed by atoms with Crippen LogP contribution in [0.5, 0.6) is 0 Å². The molecule has 1 rings (SSSR count). The van der Waals surface area contributed by atoms with Crippen LogP contribution < -0.4 is 5.73 Å². The molecule has 0 spiro atoms. The zero-order chi connectivity index (χ0) is 7.56. The zero-order valence-electron chi connectivity index (χ0n) is 4.87. The van der Waals surface area contributed by atoms with Crippen molar-refractivity contribution in [2.75, 3.05) is 0 Å². The van der Waals surface area contributed by atoms with E-state index < -0.39 is 0 Å². The number of nitrogens with zero attached hydrogens (tertiary/aromatic N) is 2. The quantitative estimate of drug-likeness (QED) is 0.783. The number of hydrogen-bond acceptors (Lipinski definition) is 4. The second-order valence-electron chi connectivity index (χ2n) is 1.59. The van der Waals surface area contributed by atoms with Crippen molar-refractivity contribution in [3.63, 3.8) is 0 Å². The predicted octanol–water partition coefficient (Wildman–Crippen LogP) is 0.328. The van der Waals surface area contributed by atoms with Crippen molar-refractivity contribution in [1.29, 1.82) is 0 Å². The fraction of sp³-hybridized carbons (Fsp3) is 0.250. The fourth-order valence-corrected chi connectivity index (χ4v) is 1.67. The second-order valence-corrected chi connectivity index (χ2v) is 3.93. The molecular formula is C4H4BrN3OS. The van der Waals surface area contributed by atoms with E-state index in [1.807, 2.05) is 0 Å². The average Bonchev–Trinajstić information content (AvgIpc) is 2.13. The lowest BCUT2D eigenvalue weighted by molar-refractivity contribution is -0.117. The number of primary amides is 1. The standard InChI is InChI=1S/C4H4BrN3OS/c5-4-8-7-3(10-4)1-2(6)9/h1H2,(H2,6,9). The van der Waals surface area contributed by atoms with E-state index in [4.69, 9.17) is 5.73 Å². The smallest absolute Gasteiger partial charge is 0.224 e. The topological polar surface area (TPSA) is 68.9 Å². The summed E-state index contributed by atoms with van der Waals surface area (Å²) in [6, 6.07) is 0. The van der Waals surface area contributed by atoms with Crippen molar-refractivity contribution in [1.82, 2.24) is 10.2 Å². The number of carbonyl (C=O) groups is 1. The minimum atomic E-state index is -0.386. The Labute approximate surface area is 69.6 Å². The Morgan fingerprint density at radius 1 is 1.70 bits per heavy atom. The van der Waals surface area contributed by atoms with Crippen LogP contribution in [0.3, 0.4) is 0 Å². The molecule has 4 nitrogen and oxygen atoms in total. The van der Waals surface area contributed by atoms with Gasteiger partial charge in [0.25, 0.3) is 0 Å². The first-order chi connectivity index (χ1) is 4.68. The Morgan fingerprint density at radius 3 is 2.80 bits per heavy atom. The average molecular weight is 222 g/mol. The largest absolute Gasteiger partial charge is 0.369 e. The highest BCUT2D eigenvalue weighted by atomic mass is 79.9. The van der Waals surface area contributed by atoms with Crippen LogP contribution in [0, 0.1) is 0 Å². The molecule has 0 bridgehead atoms. The first-order valence-electron chi connectivity index (χ1n) is 2.44. The Kier molecular flexibility index (Phi) is 2.34. The molecule has 0 radical (unpaired) electrons. The van der Waals surface area contributed by atoms with Crippen molar-refractivity contribution < 1.29 is 4.79 Å². The molecule has 10 heavy (non-hydrogen) atoms. The summed E-state index contributed by atoms with van der Waals surface area (Å²) in [5, 5.41) is 7.96. The van der Waals surface area contributed by atoms with Crippen LogP contribution in [0.2, 0.25) is 0 Å². The Hall–Kier alpha value is -0.490. The maximum atomic E-state index is 10.3. The van der Waals surface area contributed by atoms with Gasteiger partial charge in [0.05, 0.1) is 6.42 Å². The third kappa shape index (κ3) is 2.03. The SMILES string of the molecule is NC(=O)Cc1nnc(Br)s1. The van der Waals surface area contributed by atoms with Gasteiger partial charge in [0.1, 0.15) is 5.01 Å². The minimum absolute atomic E-state index is 0.170. The van der Waals surface area contributed by atoms with Crippen LogP contribution in [0.25, 0.3) is 0 Å². The molecule has 0 aliphatic heterocycles. The fourth-order valence-electron chi connectivity index (χ4n) is 0.454. The summed E-state index contributed by atoms with van der Waals surface area (Å²) >= 11 is 4.42. The number of hydrogen-bond donors (Lipinski definition) is 1. The van der Waals surface area contributed by atoms with Crippen molar-refractivity contribution >= 4 is 33.2 Å². The number of amides is 1. The lowest BCUT2D eigenvalue weighted by Gasteiger charge is -1.83. The lowest BCUT2D eigenvalue weighted by Crippen LogP contribution is -2.13. The van der Waals surface area contributed by atoms with E-state index >= 15 is 0 Å². The van der Waals surface area contributed by atoms with Crippen LogP contribution in [0.1, 0.15) is 5.01 Å². The van der Waals surface area contributed by atoms with Gasteiger partial charge in [0, 0.05) is 0 Å². The van der Waals surface area contributed by atoms with Crippen LogP contribution in [-0.2, 0) is 11.2 Å². The molecule has 54 valence electrons. The second kappa shape index (κ2) is 3.07. The Balaban J connectivity index is 2.67. The number of nitrogens with two attached hydrogens (primary N) is 1. The molecule has 0 unspecified atom stereocenters. The van der Waals surface area contributed by atoms with Gasteiger partial charge in [0.2, 0.25) is 5.91 Å². The summed E-state index contributed by atoms with van der Waals surface area (Å²) in [4.78, 5) is 10.3. The first-order valence-corrected chi connectivity index (χ1v) is 4.05. The molecule has 0 aliphatic rings. The number of halogens is 1. The maximum Gasteiger partial charge on any atom is 0.224 e. The van der Waals surface area contributed by atoms with E-state index in [0.29, 0.717) is 8.92 Å². The Bertz CT molecular complexity index is 248. The molecule has 0 saturated carbocycles. The molecule has 1 aromatic heterocycles. The molecular weight excluding hydrogens is 218 g/mol. The third-order valence-electron chi connectivity index (χ3n) is 0.768. The first kappa shape index (κ1) is 7.62. The number of rotatable bonds is 2. The number of aromatic nitrogens is 2. The van der Waals surface area contributed by atoms with E-state index in [9.17, 15) is 4.79 Å². The molecule has 0 atom stereocenters. The van der Waals surface area contributed by atoms with Crippen LogP contribution in [-0.4, -0.2) is 16.1 Å². The van der Waals surface area contributed by atoms with Crippen LogP contribution in [0.4, 0.5) is 0 Å². The summed E-state index contributed by atoms with van der Waals surface area (Å²) in [7, 11) is 0. The van der Waals surface area contributed by atoms with Crippen molar-refractivity contribution in [3.8, 4) is 0 Å². The van der Waals surface area contributed by atoms with Gasteiger partial charge in [-0.1, -0.05) is 11.3 Å². The third-order valence-corrected chi connectivity index (χ3v) is 2.12. The normalized spacial score (nSPS) is 9.70. The van der Waals surface area contributed by atoms with Crippen molar-refractivity contribution in [2.24, 2.45) is 5.73 Å². The highest BCUT2D eigenvalue weighted by Crippen LogP contribution is 2.15. The summed E-state index contributed by atoms with van der Waals surface area (Å²) in [6.07, 6.45) is 0.170. The maximum absolute atomic E-state index is 10.3. The van der Waals surface area contributed by atoms with Gasteiger partial charge >= 0.3 is 0 Å². The molecule has 0 saturated heterocycles. The van der Waals surface area contributed by atoms with Gasteiger partial charge in [-0.05, 0) is 15.9 Å². The van der Waals surface area contributed by atoms with Crippen LogP contribution in [0.15, 0.2) is 3.92 Å². The zero-order valence-corrected chi connectivity index (χ0v) is 7.28. The van der Waals surface area contributed by atoms with E-state index in [-0.39, 0.29) is 12.3 Å². The molecule has 0 aromatic carbocycles.